The molecule has 2 aromatic rings. The number of halogens is 2. The fourth-order valence-electron chi connectivity index (χ4n) is 2.01. The van der Waals surface area contributed by atoms with Crippen LogP contribution < -0.4 is 0 Å². The van der Waals surface area contributed by atoms with Gasteiger partial charge in [0.2, 0.25) is 0 Å². The second kappa shape index (κ2) is 5.56. The molecular weight excluding hydrogens is 385 g/mol. The summed E-state index contributed by atoms with van der Waals surface area (Å²) in [5, 5.41) is 0.507. The molecule has 0 atom stereocenters. The predicted molar refractivity (Wildman–Crippen MR) is 91.2 cm³/mol. The summed E-state index contributed by atoms with van der Waals surface area (Å²) in [7, 11) is 0. The Labute approximate surface area is 138 Å². The third kappa shape index (κ3) is 3.28. The molecule has 0 N–H and O–H groups in total. The van der Waals surface area contributed by atoms with Gasteiger partial charge in [0.05, 0.1) is 9.26 Å². The van der Waals surface area contributed by atoms with Gasteiger partial charge in [0.1, 0.15) is 5.15 Å². The Bertz CT molecular complexity index is 643. The zero-order valence-corrected chi connectivity index (χ0v) is 15.2. The van der Waals surface area contributed by atoms with Gasteiger partial charge >= 0.3 is 0 Å². The quantitative estimate of drug-likeness (QED) is 0.513. The van der Waals surface area contributed by atoms with E-state index in [9.17, 15) is 0 Å². The number of rotatable bonds is 1. The number of hydrogen-bond acceptors (Lipinski definition) is 3. The lowest BCUT2D eigenvalue weighted by molar-refractivity contribution is 0.563. The number of pyridine rings is 1. The van der Waals surface area contributed by atoms with Gasteiger partial charge in [-0.15, -0.1) is 0 Å². The molecule has 0 unspecified atom stereocenters. The average Bonchev–Trinajstić information content (AvgIpc) is 2.29. The molecule has 0 spiro atoms. The summed E-state index contributed by atoms with van der Waals surface area (Å²) in [6.07, 6.45) is 0. The zero-order chi connectivity index (χ0) is 15.1. The van der Waals surface area contributed by atoms with E-state index in [1.807, 2.05) is 26.0 Å². The second-order valence-electron chi connectivity index (χ2n) is 5.89. The highest BCUT2D eigenvalue weighted by molar-refractivity contribution is 14.1. The molecule has 20 heavy (non-hydrogen) atoms. The van der Waals surface area contributed by atoms with Gasteiger partial charge in [-0.25, -0.2) is 9.97 Å². The maximum absolute atomic E-state index is 6.28. The van der Waals surface area contributed by atoms with Gasteiger partial charge < -0.3 is 0 Å². The number of aryl methyl sites for hydroxylation is 2. The maximum atomic E-state index is 6.28. The van der Waals surface area contributed by atoms with Crippen LogP contribution in [0, 0.1) is 17.4 Å². The Morgan fingerprint density at radius 2 is 1.55 bits per heavy atom. The van der Waals surface area contributed by atoms with E-state index in [2.05, 4.69) is 53.3 Å². The van der Waals surface area contributed by atoms with Crippen molar-refractivity contribution < 1.29 is 0 Å². The van der Waals surface area contributed by atoms with Crippen molar-refractivity contribution in [3.05, 3.63) is 37.9 Å². The first-order chi connectivity index (χ1) is 9.18. The monoisotopic (exact) mass is 401 g/mol. The molecule has 0 aromatic carbocycles. The van der Waals surface area contributed by atoms with E-state index in [0.717, 1.165) is 26.2 Å². The summed E-state index contributed by atoms with van der Waals surface area (Å²) in [5.74, 6) is 0.661. The van der Waals surface area contributed by atoms with Gasteiger partial charge in [0, 0.05) is 22.4 Å². The topological polar surface area (TPSA) is 38.7 Å². The molecule has 0 saturated heterocycles. The van der Waals surface area contributed by atoms with Crippen molar-refractivity contribution in [2.45, 2.75) is 40.0 Å². The summed E-state index contributed by atoms with van der Waals surface area (Å²) < 4.78 is 0.919. The molecule has 5 heteroatoms. The Morgan fingerprint density at radius 3 is 2.05 bits per heavy atom. The molecule has 2 heterocycles. The molecule has 0 aliphatic heterocycles. The number of aromatic nitrogens is 3. The summed E-state index contributed by atoms with van der Waals surface area (Å²) in [5.41, 5.74) is 3.76. The highest BCUT2D eigenvalue weighted by atomic mass is 127. The Balaban J connectivity index is 2.67. The van der Waals surface area contributed by atoms with Crippen LogP contribution in [0.25, 0.3) is 11.4 Å². The molecular formula is C15H17ClIN3. The van der Waals surface area contributed by atoms with Gasteiger partial charge in [0.15, 0.2) is 5.82 Å². The van der Waals surface area contributed by atoms with Crippen LogP contribution in [-0.4, -0.2) is 15.0 Å². The summed E-state index contributed by atoms with van der Waals surface area (Å²) in [6, 6.07) is 3.97. The van der Waals surface area contributed by atoms with Crippen molar-refractivity contribution in [1.29, 1.82) is 0 Å². The third-order valence-electron chi connectivity index (χ3n) is 2.86. The average molecular weight is 402 g/mol. The molecule has 0 bridgehead atoms. The van der Waals surface area contributed by atoms with E-state index in [-0.39, 0.29) is 5.41 Å². The zero-order valence-electron chi connectivity index (χ0n) is 12.3. The van der Waals surface area contributed by atoms with Crippen LogP contribution in [-0.2, 0) is 5.41 Å². The Kier molecular flexibility index (Phi) is 4.35. The van der Waals surface area contributed by atoms with E-state index in [4.69, 9.17) is 16.6 Å². The van der Waals surface area contributed by atoms with Gasteiger partial charge in [-0.3, -0.25) is 4.98 Å². The lowest BCUT2D eigenvalue weighted by atomic mass is 9.92. The fourth-order valence-corrected chi connectivity index (χ4v) is 3.23. The molecule has 0 saturated carbocycles. The van der Waals surface area contributed by atoms with Crippen LogP contribution in [0.5, 0.6) is 0 Å². The van der Waals surface area contributed by atoms with Gasteiger partial charge in [-0.2, -0.15) is 0 Å². The highest BCUT2D eigenvalue weighted by Gasteiger charge is 2.23. The predicted octanol–water partition coefficient (Wildman–Crippen LogP) is 4.71. The minimum absolute atomic E-state index is 0.0744. The van der Waals surface area contributed by atoms with Crippen LogP contribution in [0.2, 0.25) is 5.15 Å². The van der Waals surface area contributed by atoms with E-state index < -0.39 is 0 Å². The van der Waals surface area contributed by atoms with Crippen molar-refractivity contribution in [2.75, 3.05) is 0 Å². The number of hydrogen-bond donors (Lipinski definition) is 0. The molecule has 2 rings (SSSR count). The van der Waals surface area contributed by atoms with Gasteiger partial charge in [0.25, 0.3) is 0 Å². The van der Waals surface area contributed by atoms with Crippen LogP contribution in [0.4, 0.5) is 0 Å². The summed E-state index contributed by atoms with van der Waals surface area (Å²) in [6.45, 7) is 10.3. The highest BCUT2D eigenvalue weighted by Crippen LogP contribution is 2.31. The minimum Gasteiger partial charge on any atom is -0.258 e. The maximum Gasteiger partial charge on any atom is 0.161 e. The van der Waals surface area contributed by atoms with Crippen molar-refractivity contribution in [1.82, 2.24) is 15.0 Å². The first-order valence-electron chi connectivity index (χ1n) is 6.37. The normalized spacial score (nSPS) is 11.8. The van der Waals surface area contributed by atoms with Gasteiger partial charge in [-0.05, 0) is 48.6 Å². The number of nitrogens with zero attached hydrogens (tertiary/aromatic N) is 3. The molecule has 2 aromatic heterocycles. The molecule has 0 aliphatic carbocycles. The standard InChI is InChI=1S/C15H17ClIN3/c1-8-6-10(7-9(2)18-8)14-19-12(15(3,4)5)11(17)13(16)20-14/h6-7H,1-5H3. The van der Waals surface area contributed by atoms with Crippen LogP contribution in [0.15, 0.2) is 12.1 Å². The Hall–Kier alpha value is -0.750. The summed E-state index contributed by atoms with van der Waals surface area (Å²) >= 11 is 8.49. The van der Waals surface area contributed by atoms with Crippen LogP contribution in [0.3, 0.4) is 0 Å². The largest absolute Gasteiger partial charge is 0.258 e. The van der Waals surface area contributed by atoms with Crippen molar-refractivity contribution in [3.63, 3.8) is 0 Å². The lowest BCUT2D eigenvalue weighted by Crippen LogP contribution is -2.17. The molecule has 3 nitrogen and oxygen atoms in total. The minimum atomic E-state index is -0.0744. The Morgan fingerprint density at radius 1 is 1.00 bits per heavy atom. The molecule has 0 radical (unpaired) electrons. The van der Waals surface area contributed by atoms with Gasteiger partial charge in [-0.1, -0.05) is 32.4 Å². The lowest BCUT2D eigenvalue weighted by Gasteiger charge is -2.20. The smallest absolute Gasteiger partial charge is 0.161 e. The molecule has 0 aliphatic rings. The first-order valence-corrected chi connectivity index (χ1v) is 7.83. The third-order valence-corrected chi connectivity index (χ3v) is 4.48. The molecule has 0 fully saturated rings. The SMILES string of the molecule is Cc1cc(-c2nc(Cl)c(I)c(C(C)(C)C)n2)cc(C)n1. The van der Waals surface area contributed by atoms with Crippen LogP contribution in [0.1, 0.15) is 37.9 Å². The molecule has 0 amide bonds. The fraction of sp³-hybridized carbons (Fsp3) is 0.400. The van der Waals surface area contributed by atoms with Crippen LogP contribution >= 0.6 is 34.2 Å². The van der Waals surface area contributed by atoms with E-state index in [0.29, 0.717) is 11.0 Å². The first kappa shape index (κ1) is 15.6. The van der Waals surface area contributed by atoms with E-state index in [1.54, 1.807) is 0 Å². The van der Waals surface area contributed by atoms with Crippen molar-refractivity contribution >= 4 is 34.2 Å². The molecule has 106 valence electrons. The van der Waals surface area contributed by atoms with E-state index >= 15 is 0 Å². The summed E-state index contributed by atoms with van der Waals surface area (Å²) in [4.78, 5) is 13.5. The second-order valence-corrected chi connectivity index (χ2v) is 7.33. The van der Waals surface area contributed by atoms with Crippen molar-refractivity contribution in [3.8, 4) is 11.4 Å². The van der Waals surface area contributed by atoms with Crippen molar-refractivity contribution in [2.24, 2.45) is 0 Å². The van der Waals surface area contributed by atoms with E-state index in [1.165, 1.54) is 0 Å².